The minimum Gasteiger partial charge on any atom is -0.452 e. The number of aromatic nitrogens is 7. The fourth-order valence-corrected chi connectivity index (χ4v) is 14.3. The highest BCUT2D eigenvalue weighted by molar-refractivity contribution is 6.13. The molecule has 2 aliphatic rings. The molecule has 7 aromatic heterocycles. The molecule has 386 valence electrons. The van der Waals surface area contributed by atoms with Gasteiger partial charge in [0.15, 0.2) is 17.2 Å². The SMILES string of the molecule is [C-]#[N+]c1ccc2c(c1)c1ccccc1n2-c1cccc2c1Oc1c(-n3c4ccccc4c4ccncc43)cccc1C21c2cc(-n3c4ccccc4c4ccccc43)cnc2-c2ncc(-n3c4ccc(C#N)cc4c4cc(C#N)ccc43)cc21. The lowest BCUT2D eigenvalue weighted by Crippen LogP contribution is -2.33. The molecule has 0 radical (unpaired) electrons. The number of nitrogens with zero attached hydrogens (tertiary/aromatic N) is 10. The van der Waals surface area contributed by atoms with Crippen molar-refractivity contribution < 1.29 is 4.74 Å². The van der Waals surface area contributed by atoms with Gasteiger partial charge in [0.25, 0.3) is 0 Å². The maximum atomic E-state index is 10.2. The molecule has 16 aromatic rings. The summed E-state index contributed by atoms with van der Waals surface area (Å²) >= 11 is 0. The fraction of sp³-hybridized carbons (Fsp3) is 0.0137. The van der Waals surface area contributed by atoms with Gasteiger partial charge in [0.2, 0.25) is 0 Å². The van der Waals surface area contributed by atoms with E-state index in [1.54, 1.807) is 0 Å². The van der Waals surface area contributed by atoms with Gasteiger partial charge in [-0.15, -0.1) is 0 Å². The Morgan fingerprint density at radius 2 is 0.821 bits per heavy atom. The molecule has 1 aliphatic heterocycles. The molecule has 0 fully saturated rings. The average molecular weight is 1070 g/mol. The van der Waals surface area contributed by atoms with Gasteiger partial charge in [-0.05, 0) is 109 Å². The number of nitriles is 2. The van der Waals surface area contributed by atoms with Crippen LogP contribution in [0, 0.1) is 29.2 Å². The normalized spacial score (nSPS) is 14.1. The highest BCUT2D eigenvalue weighted by Crippen LogP contribution is 2.64. The molecule has 11 heteroatoms. The van der Waals surface area contributed by atoms with Crippen LogP contribution in [0.5, 0.6) is 11.5 Å². The van der Waals surface area contributed by atoms with Gasteiger partial charge in [0, 0.05) is 66.2 Å². The van der Waals surface area contributed by atoms with Gasteiger partial charge < -0.3 is 23.0 Å². The van der Waals surface area contributed by atoms with Gasteiger partial charge in [0.05, 0.1) is 132 Å². The molecule has 1 unspecified atom stereocenters. The molecule has 8 heterocycles. The van der Waals surface area contributed by atoms with Crippen molar-refractivity contribution in [3.63, 3.8) is 0 Å². The Hall–Kier alpha value is -12.1. The van der Waals surface area contributed by atoms with Crippen molar-refractivity contribution in [3.8, 4) is 57.8 Å². The van der Waals surface area contributed by atoms with Gasteiger partial charge in [0.1, 0.15) is 0 Å². The Labute approximate surface area is 478 Å². The van der Waals surface area contributed by atoms with E-state index in [1.807, 2.05) is 85.5 Å². The summed E-state index contributed by atoms with van der Waals surface area (Å²) < 4.78 is 17.0. The van der Waals surface area contributed by atoms with Crippen molar-refractivity contribution in [2.75, 3.05) is 0 Å². The van der Waals surface area contributed by atoms with Crippen LogP contribution in [0.15, 0.2) is 231 Å². The standard InChI is InChI=1S/C73H38N10O/c1-76-44-26-29-65-54(34-44)50-15-5-9-21-62(50)82(65)66-22-10-16-55-71(66)84-72-56(17-11-23-67(72)83-61-20-8-4-14-49(61)51-30-31-77-41-68(51)83)73(55)57-35-45(80-59-18-6-2-12-47(59)48-13-3-7-19-60(48)80)39-78-69(57)70-58(73)36-46(40-79-70)81-63-27-24-42(37-74)32-52(63)53-33-43(38-75)25-28-64(53)81/h2-36,39-41H. The first-order chi connectivity index (χ1) is 41.5. The molecular formula is C73H38N10O. The smallest absolute Gasteiger partial charge is 0.188 e. The van der Waals surface area contributed by atoms with E-state index in [1.165, 1.54) is 0 Å². The number of pyridine rings is 3. The zero-order valence-electron chi connectivity index (χ0n) is 44.3. The van der Waals surface area contributed by atoms with Crippen molar-refractivity contribution >= 4 is 92.9 Å². The second-order valence-corrected chi connectivity index (χ2v) is 21.6. The molecule has 18 rings (SSSR count). The number of ether oxygens (including phenoxy) is 1. The predicted octanol–water partition coefficient (Wildman–Crippen LogP) is 17.0. The van der Waals surface area contributed by atoms with Crippen molar-refractivity contribution in [3.05, 3.63) is 276 Å². The van der Waals surface area contributed by atoms with E-state index in [9.17, 15) is 10.5 Å². The quantitative estimate of drug-likeness (QED) is 0.162. The molecule has 1 aliphatic carbocycles. The summed E-state index contributed by atoms with van der Waals surface area (Å²) in [5.74, 6) is 1.29. The first kappa shape index (κ1) is 45.7. The van der Waals surface area contributed by atoms with Crippen LogP contribution in [0.1, 0.15) is 33.4 Å². The molecule has 0 saturated heterocycles. The lowest BCUT2D eigenvalue weighted by Gasteiger charge is -2.40. The Morgan fingerprint density at radius 3 is 1.33 bits per heavy atom. The van der Waals surface area contributed by atoms with E-state index in [-0.39, 0.29) is 0 Å². The van der Waals surface area contributed by atoms with Crippen LogP contribution in [0.4, 0.5) is 5.69 Å². The minimum absolute atomic E-state index is 0.520. The van der Waals surface area contributed by atoms with Crippen molar-refractivity contribution in [2.45, 2.75) is 5.41 Å². The Morgan fingerprint density at radius 1 is 0.393 bits per heavy atom. The first-order valence-electron chi connectivity index (χ1n) is 27.6. The molecular weight excluding hydrogens is 1030 g/mol. The van der Waals surface area contributed by atoms with E-state index >= 15 is 0 Å². The van der Waals surface area contributed by atoms with E-state index in [0.29, 0.717) is 28.3 Å². The Kier molecular flexibility index (Phi) is 9.11. The van der Waals surface area contributed by atoms with Gasteiger partial charge in [-0.25, -0.2) is 4.85 Å². The average Bonchev–Trinajstić information content (AvgIpc) is 1.82. The van der Waals surface area contributed by atoms with E-state index in [2.05, 4.69) is 181 Å². The number of fused-ring (bicyclic) bond motifs is 21. The minimum atomic E-state index is -1.18. The van der Waals surface area contributed by atoms with Gasteiger partial charge in [-0.2, -0.15) is 10.5 Å². The van der Waals surface area contributed by atoms with Crippen LogP contribution in [0.2, 0.25) is 0 Å². The summed E-state index contributed by atoms with van der Waals surface area (Å²) in [7, 11) is 0. The van der Waals surface area contributed by atoms with Crippen LogP contribution >= 0.6 is 0 Å². The van der Waals surface area contributed by atoms with Crippen molar-refractivity contribution in [2.24, 2.45) is 0 Å². The molecule has 0 saturated carbocycles. The summed E-state index contributed by atoms with van der Waals surface area (Å²) in [5.41, 5.74) is 16.4. The summed E-state index contributed by atoms with van der Waals surface area (Å²) in [4.78, 5) is 19.8. The highest BCUT2D eigenvalue weighted by Gasteiger charge is 2.54. The Balaban J connectivity index is 1.02. The van der Waals surface area contributed by atoms with Gasteiger partial charge >= 0.3 is 0 Å². The van der Waals surface area contributed by atoms with Crippen LogP contribution < -0.4 is 4.74 Å². The molecule has 0 amide bonds. The van der Waals surface area contributed by atoms with Crippen molar-refractivity contribution in [1.82, 2.24) is 33.2 Å². The summed E-state index contributed by atoms with van der Waals surface area (Å²) in [6, 6.07) is 75.7. The lowest BCUT2D eigenvalue weighted by molar-refractivity contribution is 0.433. The van der Waals surface area contributed by atoms with E-state index < -0.39 is 5.41 Å². The van der Waals surface area contributed by atoms with Gasteiger partial charge in [-0.3, -0.25) is 15.0 Å². The highest BCUT2D eigenvalue weighted by atomic mass is 16.5. The summed E-state index contributed by atoms with van der Waals surface area (Å²) in [5, 5.41) is 28.5. The molecule has 84 heavy (non-hydrogen) atoms. The molecule has 0 N–H and O–H groups in total. The predicted molar refractivity (Wildman–Crippen MR) is 330 cm³/mol. The third-order valence-corrected chi connectivity index (χ3v) is 17.6. The van der Waals surface area contributed by atoms with Crippen LogP contribution in [-0.2, 0) is 5.41 Å². The number of para-hydroxylation sites is 6. The second-order valence-electron chi connectivity index (χ2n) is 21.6. The summed E-state index contributed by atoms with van der Waals surface area (Å²) in [6.45, 7) is 8.05. The lowest BCUT2D eigenvalue weighted by atomic mass is 9.66. The molecule has 0 bridgehead atoms. The molecule has 9 aromatic carbocycles. The fourth-order valence-electron chi connectivity index (χ4n) is 14.3. The Bertz CT molecular complexity index is 5620. The maximum absolute atomic E-state index is 10.2. The van der Waals surface area contributed by atoms with Crippen molar-refractivity contribution in [1.29, 1.82) is 10.5 Å². The zero-order valence-corrected chi connectivity index (χ0v) is 44.3. The van der Waals surface area contributed by atoms with Gasteiger partial charge in [-0.1, -0.05) is 103 Å². The zero-order chi connectivity index (χ0) is 55.5. The largest absolute Gasteiger partial charge is 0.452 e. The van der Waals surface area contributed by atoms with Crippen LogP contribution in [0.25, 0.3) is 126 Å². The van der Waals surface area contributed by atoms with Crippen LogP contribution in [-0.4, -0.2) is 33.2 Å². The topological polar surface area (TPSA) is 120 Å². The molecule has 1 atom stereocenters. The van der Waals surface area contributed by atoms with E-state index in [0.717, 1.165) is 144 Å². The second kappa shape index (κ2) is 16.7. The molecule has 1 spiro atoms. The monoisotopic (exact) mass is 1070 g/mol. The first-order valence-corrected chi connectivity index (χ1v) is 27.6. The third-order valence-electron chi connectivity index (χ3n) is 17.6. The van der Waals surface area contributed by atoms with E-state index in [4.69, 9.17) is 26.3 Å². The number of hydrogen-bond donors (Lipinski definition) is 0. The molecule has 11 nitrogen and oxygen atoms in total. The third kappa shape index (κ3) is 5.86. The number of benzene rings is 9. The number of hydrogen-bond acceptors (Lipinski definition) is 6. The maximum Gasteiger partial charge on any atom is 0.188 e. The number of rotatable bonds is 4. The summed E-state index contributed by atoms with van der Waals surface area (Å²) in [6.07, 6.45) is 7.69. The van der Waals surface area contributed by atoms with Crippen LogP contribution in [0.3, 0.4) is 0 Å².